The summed E-state index contributed by atoms with van der Waals surface area (Å²) in [5.41, 5.74) is 8.93. The lowest BCUT2D eigenvalue weighted by Gasteiger charge is -2.14. The number of hydrogen-bond donors (Lipinski definition) is 1. The van der Waals surface area contributed by atoms with Crippen LogP contribution >= 0.6 is 12.4 Å². The van der Waals surface area contributed by atoms with Crippen LogP contribution in [0.2, 0.25) is 0 Å². The zero-order valence-electron chi connectivity index (χ0n) is 19.3. The summed E-state index contributed by atoms with van der Waals surface area (Å²) in [6.07, 6.45) is 2.39. The van der Waals surface area contributed by atoms with Crippen molar-refractivity contribution < 1.29 is 28.3 Å². The topological polar surface area (TPSA) is 106 Å². The molecule has 33 heavy (non-hydrogen) atoms. The minimum Gasteiger partial charge on any atom is -0.496 e. The van der Waals surface area contributed by atoms with Crippen molar-refractivity contribution in [2.75, 3.05) is 28.4 Å². The summed E-state index contributed by atoms with van der Waals surface area (Å²) in [4.78, 5) is 12.4. The number of benzene rings is 2. The van der Waals surface area contributed by atoms with Crippen LogP contribution in [0.5, 0.6) is 23.0 Å². The van der Waals surface area contributed by atoms with Crippen LogP contribution in [0.1, 0.15) is 18.9 Å². The predicted molar refractivity (Wildman–Crippen MR) is 128 cm³/mol. The van der Waals surface area contributed by atoms with Crippen LogP contribution in [0.4, 0.5) is 0 Å². The third kappa shape index (κ3) is 5.40. The molecule has 2 N–H and O–H groups in total. The van der Waals surface area contributed by atoms with Gasteiger partial charge < -0.3 is 29.2 Å². The molecule has 178 valence electrons. The summed E-state index contributed by atoms with van der Waals surface area (Å²) in [6.45, 7) is 1.89. The van der Waals surface area contributed by atoms with Crippen molar-refractivity contribution in [2.45, 2.75) is 25.8 Å². The lowest BCUT2D eigenvalue weighted by Crippen LogP contribution is -2.30. The fraction of sp³-hybridized carbons (Fsp3) is 0.333. The van der Waals surface area contributed by atoms with Crippen molar-refractivity contribution in [3.8, 4) is 45.4 Å². The lowest BCUT2D eigenvalue weighted by molar-refractivity contribution is -0.119. The first-order valence-electron chi connectivity index (χ1n) is 10.2. The molecule has 0 aliphatic rings. The molecule has 1 unspecified atom stereocenters. The zero-order chi connectivity index (χ0) is 23.3. The predicted octanol–water partition coefficient (Wildman–Crippen LogP) is 4.31. The molecule has 1 aromatic heterocycles. The van der Waals surface area contributed by atoms with E-state index in [1.54, 1.807) is 46.8 Å². The van der Waals surface area contributed by atoms with E-state index in [0.29, 0.717) is 40.7 Å². The average molecular weight is 477 g/mol. The highest BCUT2D eigenvalue weighted by Crippen LogP contribution is 2.43. The summed E-state index contributed by atoms with van der Waals surface area (Å²) in [5.74, 6) is 2.58. The number of aromatic nitrogens is 1. The first-order chi connectivity index (χ1) is 15.5. The second-order valence-corrected chi connectivity index (χ2v) is 7.17. The van der Waals surface area contributed by atoms with Crippen molar-refractivity contribution in [3.05, 3.63) is 42.1 Å². The van der Waals surface area contributed by atoms with Gasteiger partial charge in [0.2, 0.25) is 5.75 Å². The van der Waals surface area contributed by atoms with Crippen LogP contribution in [-0.2, 0) is 11.2 Å². The van der Waals surface area contributed by atoms with Crippen molar-refractivity contribution in [1.82, 2.24) is 5.16 Å². The Kier molecular flexibility index (Phi) is 9.13. The third-order valence-electron chi connectivity index (χ3n) is 5.31. The van der Waals surface area contributed by atoms with Crippen LogP contribution in [0.25, 0.3) is 22.5 Å². The van der Waals surface area contributed by atoms with Gasteiger partial charge in [-0.05, 0) is 36.2 Å². The number of methoxy groups -OCH3 is 4. The number of hydrogen-bond acceptors (Lipinski definition) is 8. The van der Waals surface area contributed by atoms with Crippen LogP contribution in [0.3, 0.4) is 0 Å². The Hall–Kier alpha value is -3.23. The van der Waals surface area contributed by atoms with Crippen molar-refractivity contribution in [2.24, 2.45) is 5.73 Å². The normalized spacial score (nSPS) is 11.3. The van der Waals surface area contributed by atoms with Gasteiger partial charge in [0, 0.05) is 23.1 Å². The molecule has 1 heterocycles. The van der Waals surface area contributed by atoms with Gasteiger partial charge in [0.05, 0.1) is 40.7 Å². The molecule has 1 atom stereocenters. The third-order valence-corrected chi connectivity index (χ3v) is 5.31. The fourth-order valence-electron chi connectivity index (χ4n) is 3.50. The molecule has 0 amide bonds. The van der Waals surface area contributed by atoms with Gasteiger partial charge in [0.1, 0.15) is 5.75 Å². The van der Waals surface area contributed by atoms with Gasteiger partial charge in [0.15, 0.2) is 23.0 Å². The molecule has 0 fully saturated rings. The standard InChI is InChI=1S/C24H28N2O6.ClH/c1-6-18(25)19(27)10-15-9-14(7-8-20(15)28-2)17-13-26-32-23(17)16-11-21(29-3)24(31-5)22(12-16)30-4;/h7-9,11-13,18H,6,10,25H2,1-5H3;1H. The minimum absolute atomic E-state index is 0. The lowest BCUT2D eigenvalue weighted by atomic mass is 9.96. The van der Waals surface area contributed by atoms with E-state index in [2.05, 4.69) is 5.16 Å². The van der Waals surface area contributed by atoms with E-state index >= 15 is 0 Å². The summed E-state index contributed by atoms with van der Waals surface area (Å²) >= 11 is 0. The fourth-order valence-corrected chi connectivity index (χ4v) is 3.50. The molecule has 0 radical (unpaired) electrons. The van der Waals surface area contributed by atoms with E-state index in [-0.39, 0.29) is 24.6 Å². The molecule has 3 aromatic rings. The van der Waals surface area contributed by atoms with Gasteiger partial charge in [0.25, 0.3) is 0 Å². The van der Waals surface area contributed by atoms with Crippen LogP contribution in [0, 0.1) is 0 Å². The highest BCUT2D eigenvalue weighted by Gasteiger charge is 2.21. The summed E-state index contributed by atoms with van der Waals surface area (Å²) in [6, 6.07) is 8.68. The number of ketones is 1. The molecule has 8 nitrogen and oxygen atoms in total. The second-order valence-electron chi connectivity index (χ2n) is 7.17. The quantitative estimate of drug-likeness (QED) is 0.461. The molecule has 0 aliphatic carbocycles. The van der Waals surface area contributed by atoms with Gasteiger partial charge in [-0.3, -0.25) is 4.79 Å². The Bertz CT molecular complexity index is 1070. The van der Waals surface area contributed by atoms with Gasteiger partial charge in [-0.15, -0.1) is 12.4 Å². The van der Waals surface area contributed by atoms with Crippen molar-refractivity contribution >= 4 is 18.2 Å². The Labute approximate surface area is 199 Å². The highest BCUT2D eigenvalue weighted by molar-refractivity contribution is 5.87. The van der Waals surface area contributed by atoms with E-state index in [4.69, 9.17) is 29.2 Å². The summed E-state index contributed by atoms with van der Waals surface area (Å²) in [7, 11) is 6.22. The number of rotatable bonds is 10. The van der Waals surface area contributed by atoms with Gasteiger partial charge >= 0.3 is 0 Å². The van der Waals surface area contributed by atoms with Crippen LogP contribution in [0.15, 0.2) is 41.1 Å². The average Bonchev–Trinajstić information content (AvgIpc) is 3.32. The van der Waals surface area contributed by atoms with Gasteiger partial charge in [-0.1, -0.05) is 18.1 Å². The summed E-state index contributed by atoms with van der Waals surface area (Å²) in [5, 5.41) is 4.00. The summed E-state index contributed by atoms with van der Waals surface area (Å²) < 4.78 is 27.4. The maximum Gasteiger partial charge on any atom is 0.203 e. The van der Waals surface area contributed by atoms with Crippen molar-refractivity contribution in [1.29, 1.82) is 0 Å². The number of halogens is 1. The monoisotopic (exact) mass is 476 g/mol. The van der Waals surface area contributed by atoms with Crippen molar-refractivity contribution in [3.63, 3.8) is 0 Å². The second kappa shape index (κ2) is 11.6. The Morgan fingerprint density at radius 1 is 0.970 bits per heavy atom. The largest absolute Gasteiger partial charge is 0.496 e. The number of ether oxygens (including phenoxy) is 4. The Morgan fingerprint density at radius 3 is 2.15 bits per heavy atom. The number of Topliss-reactive ketones (excluding diaryl/α,β-unsaturated/α-hetero) is 1. The molecule has 2 aromatic carbocycles. The number of carbonyl (C=O) groups is 1. The minimum atomic E-state index is -0.506. The van der Waals surface area contributed by atoms with E-state index in [1.807, 2.05) is 25.1 Å². The maximum absolute atomic E-state index is 12.4. The molecule has 0 saturated heterocycles. The maximum atomic E-state index is 12.4. The van der Waals surface area contributed by atoms with E-state index < -0.39 is 6.04 Å². The van der Waals surface area contributed by atoms with Crippen LogP contribution < -0.4 is 24.7 Å². The van der Waals surface area contributed by atoms with E-state index in [9.17, 15) is 4.79 Å². The van der Waals surface area contributed by atoms with E-state index in [1.165, 1.54) is 0 Å². The number of nitrogens with two attached hydrogens (primary N) is 1. The first-order valence-corrected chi connectivity index (χ1v) is 10.2. The Morgan fingerprint density at radius 2 is 1.61 bits per heavy atom. The number of nitrogens with zero attached hydrogens (tertiary/aromatic N) is 1. The molecule has 9 heteroatoms. The molecule has 0 spiro atoms. The molecule has 3 rings (SSSR count). The highest BCUT2D eigenvalue weighted by atomic mass is 35.5. The number of carbonyl (C=O) groups excluding carboxylic acids is 1. The van der Waals surface area contributed by atoms with Crippen LogP contribution in [-0.4, -0.2) is 45.4 Å². The first kappa shape index (κ1) is 26.0. The SMILES string of the molecule is CCC(N)C(=O)Cc1cc(-c2cnoc2-c2cc(OC)c(OC)c(OC)c2)ccc1OC.Cl. The van der Waals surface area contributed by atoms with E-state index in [0.717, 1.165) is 16.7 Å². The van der Waals surface area contributed by atoms with Gasteiger partial charge in [-0.2, -0.15) is 0 Å². The molecule has 0 saturated carbocycles. The molecule has 0 bridgehead atoms. The molecular formula is C24H29ClN2O6. The Balaban J connectivity index is 0.00000385. The smallest absolute Gasteiger partial charge is 0.203 e. The molecular weight excluding hydrogens is 448 g/mol. The zero-order valence-corrected chi connectivity index (χ0v) is 20.2. The van der Waals surface area contributed by atoms with Gasteiger partial charge in [-0.25, -0.2) is 0 Å². The molecule has 0 aliphatic heterocycles.